The van der Waals surface area contributed by atoms with Crippen molar-refractivity contribution < 1.29 is 42.6 Å². The van der Waals surface area contributed by atoms with Crippen LogP contribution in [0.2, 0.25) is 0 Å². The molecule has 0 atom stereocenters. The van der Waals surface area contributed by atoms with Crippen molar-refractivity contribution in [3.05, 3.63) is 0 Å². The molecule has 0 amide bonds. The third-order valence-electron chi connectivity index (χ3n) is 3.84. The number of unbranched alkanes of at least 4 members (excludes halogenated alkanes) is 1. The van der Waals surface area contributed by atoms with E-state index in [2.05, 4.69) is 22.9 Å². The van der Waals surface area contributed by atoms with Crippen molar-refractivity contribution >= 4 is 15.9 Å². The van der Waals surface area contributed by atoms with Crippen molar-refractivity contribution in [3.8, 4) is 0 Å². The second-order valence-corrected chi connectivity index (χ2v) is 7.35. The van der Waals surface area contributed by atoms with E-state index >= 15 is 0 Å². The Bertz CT molecular complexity index is 298. The van der Waals surface area contributed by atoms with Crippen LogP contribution in [0.25, 0.3) is 0 Å². The van der Waals surface area contributed by atoms with E-state index in [9.17, 15) is 0 Å². The van der Waals surface area contributed by atoms with Crippen LogP contribution < -0.4 is 0 Å². The third kappa shape index (κ3) is 30.1. The zero-order valence-corrected chi connectivity index (χ0v) is 21.5. The molecule has 0 aromatic heterocycles. The maximum absolute atomic E-state index is 5.44. The van der Waals surface area contributed by atoms with Crippen LogP contribution in [0.15, 0.2) is 0 Å². The molecule has 194 valence electrons. The molecule has 0 fully saturated rings. The smallest absolute Gasteiger partial charge is 0.0701 e. The van der Waals surface area contributed by atoms with Crippen LogP contribution in [0, 0.1) is 0 Å². The quantitative estimate of drug-likeness (QED) is 0.106. The van der Waals surface area contributed by atoms with Crippen LogP contribution in [0.1, 0.15) is 19.8 Å². The summed E-state index contributed by atoms with van der Waals surface area (Å²) in [6, 6.07) is 0. The molecular formula is C22H45BrO9. The number of ether oxygens (including phenoxy) is 9. The summed E-state index contributed by atoms with van der Waals surface area (Å²) in [5.41, 5.74) is 0. The highest BCUT2D eigenvalue weighted by Gasteiger charge is 1.95. The summed E-state index contributed by atoms with van der Waals surface area (Å²) >= 11 is 3.30. The number of alkyl halides is 1. The van der Waals surface area contributed by atoms with Gasteiger partial charge >= 0.3 is 0 Å². The molecule has 0 saturated carbocycles. The van der Waals surface area contributed by atoms with Gasteiger partial charge in [0, 0.05) is 11.9 Å². The van der Waals surface area contributed by atoms with Crippen molar-refractivity contribution in [3.63, 3.8) is 0 Å². The van der Waals surface area contributed by atoms with Crippen molar-refractivity contribution in [2.45, 2.75) is 19.8 Å². The van der Waals surface area contributed by atoms with Crippen LogP contribution in [0.4, 0.5) is 0 Å². The van der Waals surface area contributed by atoms with Gasteiger partial charge in [-0.15, -0.1) is 0 Å². The van der Waals surface area contributed by atoms with Crippen molar-refractivity contribution in [1.82, 2.24) is 0 Å². The highest BCUT2D eigenvalue weighted by molar-refractivity contribution is 9.09. The Labute approximate surface area is 202 Å². The van der Waals surface area contributed by atoms with Gasteiger partial charge in [-0.05, 0) is 6.42 Å². The molecule has 0 aliphatic heterocycles. The highest BCUT2D eigenvalue weighted by Crippen LogP contribution is 1.89. The number of hydrogen-bond donors (Lipinski definition) is 0. The normalized spacial score (nSPS) is 11.4. The predicted molar refractivity (Wildman–Crippen MR) is 126 cm³/mol. The van der Waals surface area contributed by atoms with Crippen LogP contribution in [0.3, 0.4) is 0 Å². The van der Waals surface area contributed by atoms with Crippen LogP contribution in [0.5, 0.6) is 0 Å². The standard InChI is InChI=1S/C22H45BrO9/c1-2-3-5-24-7-9-26-11-13-28-15-17-30-19-21-32-22-20-31-18-16-29-14-12-27-10-8-25-6-4-23/h2-22H2,1H3. The Morgan fingerprint density at radius 3 is 0.781 bits per heavy atom. The lowest BCUT2D eigenvalue weighted by Gasteiger charge is -2.08. The Kier molecular flexibility index (Phi) is 31.2. The zero-order chi connectivity index (χ0) is 23.2. The molecule has 0 aromatic rings. The van der Waals surface area contributed by atoms with E-state index in [4.69, 9.17) is 42.6 Å². The second-order valence-electron chi connectivity index (χ2n) is 6.55. The summed E-state index contributed by atoms with van der Waals surface area (Å²) in [5, 5.41) is 0.845. The first-order valence-electron chi connectivity index (χ1n) is 11.7. The second kappa shape index (κ2) is 31.1. The van der Waals surface area contributed by atoms with E-state index in [0.29, 0.717) is 112 Å². The number of hydrogen-bond acceptors (Lipinski definition) is 9. The van der Waals surface area contributed by atoms with Crippen molar-refractivity contribution in [2.75, 3.05) is 124 Å². The maximum Gasteiger partial charge on any atom is 0.0701 e. The molecule has 0 aromatic carbocycles. The predicted octanol–water partition coefficient (Wildman–Crippen LogP) is 2.33. The fourth-order valence-corrected chi connectivity index (χ4v) is 2.39. The zero-order valence-electron chi connectivity index (χ0n) is 19.9. The molecule has 0 bridgehead atoms. The van der Waals surface area contributed by atoms with Crippen LogP contribution in [-0.2, 0) is 42.6 Å². The largest absolute Gasteiger partial charge is 0.379 e. The SMILES string of the molecule is CCCCOCCOCCOCCOCCOCCOCCOCCOCCOCCBr. The van der Waals surface area contributed by atoms with Gasteiger partial charge in [0.2, 0.25) is 0 Å². The van der Waals surface area contributed by atoms with Gasteiger partial charge in [-0.1, -0.05) is 29.3 Å². The minimum atomic E-state index is 0.539. The Hall–Kier alpha value is 0.120. The van der Waals surface area contributed by atoms with Gasteiger partial charge in [-0.2, -0.15) is 0 Å². The summed E-state index contributed by atoms with van der Waals surface area (Å²) in [7, 11) is 0. The van der Waals surface area contributed by atoms with Gasteiger partial charge < -0.3 is 42.6 Å². The maximum atomic E-state index is 5.44. The molecule has 0 spiro atoms. The van der Waals surface area contributed by atoms with Crippen LogP contribution in [-0.4, -0.2) is 124 Å². The van der Waals surface area contributed by atoms with E-state index in [1.165, 1.54) is 0 Å². The van der Waals surface area contributed by atoms with Gasteiger partial charge in [0.1, 0.15) is 0 Å². The lowest BCUT2D eigenvalue weighted by atomic mass is 10.4. The fourth-order valence-electron chi connectivity index (χ4n) is 2.16. The molecule has 0 radical (unpaired) electrons. The lowest BCUT2D eigenvalue weighted by Crippen LogP contribution is -2.15. The van der Waals surface area contributed by atoms with E-state index in [1.807, 2.05) is 0 Å². The molecule has 0 aliphatic rings. The first kappa shape index (κ1) is 32.1. The molecule has 0 aliphatic carbocycles. The van der Waals surface area contributed by atoms with Gasteiger partial charge in [0.25, 0.3) is 0 Å². The minimum absolute atomic E-state index is 0.539. The fraction of sp³-hybridized carbons (Fsp3) is 1.00. The first-order valence-corrected chi connectivity index (χ1v) is 12.8. The van der Waals surface area contributed by atoms with E-state index in [1.54, 1.807) is 0 Å². The average Bonchev–Trinajstić information content (AvgIpc) is 2.81. The third-order valence-corrected chi connectivity index (χ3v) is 4.16. The first-order chi connectivity index (χ1) is 15.9. The molecule has 0 unspecified atom stereocenters. The Morgan fingerprint density at radius 2 is 0.562 bits per heavy atom. The molecule has 0 heterocycles. The molecule has 9 nitrogen and oxygen atoms in total. The molecule has 0 saturated heterocycles. The topological polar surface area (TPSA) is 83.1 Å². The summed E-state index contributed by atoms with van der Waals surface area (Å²) in [6.07, 6.45) is 2.25. The number of rotatable bonds is 29. The summed E-state index contributed by atoms with van der Waals surface area (Å²) < 4.78 is 48.6. The minimum Gasteiger partial charge on any atom is -0.379 e. The summed E-state index contributed by atoms with van der Waals surface area (Å²) in [5.74, 6) is 0. The molecule has 32 heavy (non-hydrogen) atoms. The molecule has 0 rings (SSSR count). The lowest BCUT2D eigenvalue weighted by molar-refractivity contribution is -0.0248. The van der Waals surface area contributed by atoms with Gasteiger partial charge in [-0.25, -0.2) is 0 Å². The number of halogens is 1. The van der Waals surface area contributed by atoms with Crippen molar-refractivity contribution in [2.24, 2.45) is 0 Å². The average molecular weight is 533 g/mol. The van der Waals surface area contributed by atoms with E-state index in [-0.39, 0.29) is 0 Å². The van der Waals surface area contributed by atoms with Gasteiger partial charge in [0.05, 0.1) is 112 Å². The highest BCUT2D eigenvalue weighted by atomic mass is 79.9. The van der Waals surface area contributed by atoms with Gasteiger partial charge in [0.15, 0.2) is 0 Å². The summed E-state index contributed by atoms with van der Waals surface area (Å²) in [6.45, 7) is 12.7. The monoisotopic (exact) mass is 532 g/mol. The molecular weight excluding hydrogens is 488 g/mol. The Morgan fingerprint density at radius 1 is 0.344 bits per heavy atom. The van der Waals surface area contributed by atoms with Crippen LogP contribution >= 0.6 is 15.9 Å². The van der Waals surface area contributed by atoms with Crippen molar-refractivity contribution in [1.29, 1.82) is 0 Å². The molecule has 10 heteroatoms. The van der Waals surface area contributed by atoms with Gasteiger partial charge in [-0.3, -0.25) is 0 Å². The molecule has 0 N–H and O–H groups in total. The summed E-state index contributed by atoms with van der Waals surface area (Å²) in [4.78, 5) is 0. The van der Waals surface area contributed by atoms with E-state index in [0.717, 1.165) is 24.8 Å². The van der Waals surface area contributed by atoms with E-state index < -0.39 is 0 Å². The Balaban J connectivity index is 2.98.